The number of hydrogen-bond donors (Lipinski definition) is 2. The number of aryl methyl sites for hydroxylation is 1. The molecule has 3 atom stereocenters. The maximum atomic E-state index is 12.5. The normalized spacial score (nSPS) is 20.7. The van der Waals surface area contributed by atoms with Crippen molar-refractivity contribution >= 4 is 23.0 Å². The molecular weight excluding hydrogens is 392 g/mol. The first-order valence-corrected chi connectivity index (χ1v) is 10.0. The van der Waals surface area contributed by atoms with Crippen molar-refractivity contribution in [2.75, 3.05) is 0 Å². The molecular formula is C25H22N2O4. The topological polar surface area (TPSA) is 102 Å². The zero-order valence-electron chi connectivity index (χ0n) is 17.3. The third-order valence-corrected chi connectivity index (χ3v) is 6.19. The maximum absolute atomic E-state index is 12.5. The van der Waals surface area contributed by atoms with E-state index >= 15 is 0 Å². The van der Waals surface area contributed by atoms with Gasteiger partial charge < -0.3 is 15.1 Å². The molecule has 2 N–H and O–H groups in total. The number of aliphatic hydroxyl groups excluding tert-OH is 1. The first kappa shape index (κ1) is 20.6. The van der Waals surface area contributed by atoms with E-state index in [9.17, 15) is 25.1 Å². The zero-order valence-corrected chi connectivity index (χ0v) is 17.3. The Morgan fingerprint density at radius 2 is 1.97 bits per heavy atom. The van der Waals surface area contributed by atoms with Crippen LogP contribution >= 0.6 is 0 Å². The van der Waals surface area contributed by atoms with Gasteiger partial charge in [-0.3, -0.25) is 4.79 Å². The van der Waals surface area contributed by atoms with E-state index in [-0.39, 0.29) is 17.6 Å². The summed E-state index contributed by atoms with van der Waals surface area (Å²) in [6.07, 6.45) is -0.460. The van der Waals surface area contributed by atoms with Crippen molar-refractivity contribution in [3.63, 3.8) is 0 Å². The number of aliphatic hydroxyl groups is 1. The van der Waals surface area contributed by atoms with Gasteiger partial charge in [0.25, 0.3) is 0 Å². The fourth-order valence-electron chi connectivity index (χ4n) is 4.67. The van der Waals surface area contributed by atoms with Crippen LogP contribution in [0.5, 0.6) is 0 Å². The summed E-state index contributed by atoms with van der Waals surface area (Å²) in [5.74, 6) is -2.10. The lowest BCUT2D eigenvalue weighted by molar-refractivity contribution is -0.161. The predicted molar refractivity (Wildman–Crippen MR) is 116 cm³/mol. The minimum Gasteiger partial charge on any atom is -0.477 e. The average molecular weight is 414 g/mol. The lowest BCUT2D eigenvalue weighted by Crippen LogP contribution is -2.61. The Morgan fingerprint density at radius 3 is 2.61 bits per heavy atom. The number of hydrogen-bond acceptors (Lipinski definition) is 4. The highest BCUT2D eigenvalue weighted by Gasteiger charge is 2.56. The monoisotopic (exact) mass is 414 g/mol. The third-order valence-electron chi connectivity index (χ3n) is 6.19. The number of rotatable bonds is 5. The molecule has 0 aromatic heterocycles. The van der Waals surface area contributed by atoms with Crippen LogP contribution in [-0.2, 0) is 9.59 Å². The van der Waals surface area contributed by atoms with Crippen LogP contribution < -0.4 is 0 Å². The number of allylic oxidation sites excluding steroid dienone is 1. The summed E-state index contributed by atoms with van der Waals surface area (Å²) in [7, 11) is 0. The van der Waals surface area contributed by atoms with Gasteiger partial charge in [-0.25, -0.2) is 4.79 Å². The quantitative estimate of drug-likeness (QED) is 0.575. The molecule has 1 fully saturated rings. The molecule has 0 saturated carbocycles. The van der Waals surface area contributed by atoms with Crippen LogP contribution in [0.1, 0.15) is 30.0 Å². The van der Waals surface area contributed by atoms with E-state index in [2.05, 4.69) is 12.6 Å². The predicted octanol–water partition coefficient (Wildman–Crippen LogP) is 3.61. The number of aliphatic carboxylic acids is 1. The van der Waals surface area contributed by atoms with E-state index in [1.807, 2.05) is 49.4 Å². The van der Waals surface area contributed by atoms with Crippen molar-refractivity contribution in [2.45, 2.75) is 32.4 Å². The number of carbonyl (C=O) groups excluding carboxylic acids is 1. The number of carboxylic acid groups (broad SMARTS) is 1. The van der Waals surface area contributed by atoms with Crippen molar-refractivity contribution in [2.24, 2.45) is 5.92 Å². The Kier molecular flexibility index (Phi) is 5.00. The Morgan fingerprint density at radius 1 is 1.26 bits per heavy atom. The number of fused-ring (bicyclic) bond motifs is 1. The number of β-lactam (4-membered cyclic amide) rings is 1. The summed E-state index contributed by atoms with van der Waals surface area (Å²) in [4.78, 5) is 25.8. The van der Waals surface area contributed by atoms with Gasteiger partial charge in [0.05, 0.1) is 29.7 Å². The van der Waals surface area contributed by atoms with Crippen molar-refractivity contribution < 1.29 is 19.8 Å². The molecule has 1 saturated heterocycles. The Labute approximate surface area is 180 Å². The van der Waals surface area contributed by atoms with Crippen LogP contribution in [0.4, 0.5) is 0 Å². The fourth-order valence-corrected chi connectivity index (χ4v) is 4.67. The number of nitriles is 1. The molecule has 2 aromatic carbocycles. The molecule has 1 amide bonds. The van der Waals surface area contributed by atoms with Crippen LogP contribution in [0.2, 0.25) is 0 Å². The summed E-state index contributed by atoms with van der Waals surface area (Å²) < 4.78 is 0. The molecule has 6 heteroatoms. The summed E-state index contributed by atoms with van der Waals surface area (Å²) >= 11 is 0. The molecule has 0 aliphatic carbocycles. The molecule has 0 spiro atoms. The van der Waals surface area contributed by atoms with Crippen LogP contribution in [0.25, 0.3) is 22.3 Å². The number of benzene rings is 2. The lowest BCUT2D eigenvalue weighted by Gasteiger charge is -2.44. The molecule has 4 rings (SSSR count). The van der Waals surface area contributed by atoms with Crippen LogP contribution in [0, 0.1) is 24.2 Å². The SMILES string of the molecule is C=C(C#N)c1ccccc1-c1cc(C2=C(C(=O)O)N3C(=O)[C@H]([C@@H](C)O)C3C2)ccc1C. The summed E-state index contributed by atoms with van der Waals surface area (Å²) in [6.45, 7) is 7.35. The van der Waals surface area contributed by atoms with Crippen molar-refractivity contribution in [3.8, 4) is 17.2 Å². The molecule has 6 nitrogen and oxygen atoms in total. The number of nitrogens with zero attached hydrogens (tertiary/aromatic N) is 2. The molecule has 0 bridgehead atoms. The first-order chi connectivity index (χ1) is 14.8. The molecule has 2 heterocycles. The van der Waals surface area contributed by atoms with Crippen molar-refractivity contribution in [3.05, 3.63) is 71.4 Å². The van der Waals surface area contributed by atoms with E-state index in [4.69, 9.17) is 0 Å². The molecule has 156 valence electrons. The zero-order chi connectivity index (χ0) is 22.4. The smallest absolute Gasteiger partial charge is 0.352 e. The highest BCUT2D eigenvalue weighted by Crippen LogP contribution is 2.47. The number of carboxylic acids is 1. The fraction of sp³-hybridized carbons (Fsp3) is 0.240. The van der Waals surface area contributed by atoms with Gasteiger partial charge in [-0.2, -0.15) is 5.26 Å². The second-order valence-electron chi connectivity index (χ2n) is 8.04. The summed E-state index contributed by atoms with van der Waals surface area (Å²) in [6, 6.07) is 14.9. The number of amides is 1. The molecule has 31 heavy (non-hydrogen) atoms. The highest BCUT2D eigenvalue weighted by atomic mass is 16.4. The third kappa shape index (κ3) is 3.15. The second kappa shape index (κ2) is 7.53. The van der Waals surface area contributed by atoms with Gasteiger partial charge in [-0.15, -0.1) is 0 Å². The maximum Gasteiger partial charge on any atom is 0.352 e. The molecule has 2 aromatic rings. The van der Waals surface area contributed by atoms with Crippen molar-refractivity contribution in [1.29, 1.82) is 5.26 Å². The average Bonchev–Trinajstić information content (AvgIpc) is 3.08. The molecule has 2 aliphatic heterocycles. The van der Waals surface area contributed by atoms with Crippen LogP contribution in [0.3, 0.4) is 0 Å². The van der Waals surface area contributed by atoms with E-state index in [1.165, 1.54) is 4.90 Å². The second-order valence-corrected chi connectivity index (χ2v) is 8.04. The molecule has 2 aliphatic rings. The summed E-state index contributed by atoms with van der Waals surface area (Å²) in [5, 5.41) is 29.1. The Hall–Kier alpha value is -3.69. The highest BCUT2D eigenvalue weighted by molar-refractivity contribution is 6.06. The van der Waals surface area contributed by atoms with Gasteiger partial charge in [0.15, 0.2) is 0 Å². The lowest BCUT2D eigenvalue weighted by atomic mass is 9.82. The van der Waals surface area contributed by atoms with Gasteiger partial charge in [-0.05, 0) is 59.7 Å². The van der Waals surface area contributed by atoms with Crippen LogP contribution in [0.15, 0.2) is 54.7 Å². The van der Waals surface area contributed by atoms with Gasteiger partial charge in [0.2, 0.25) is 5.91 Å². The molecule has 1 unspecified atom stereocenters. The van der Waals surface area contributed by atoms with Crippen molar-refractivity contribution in [1.82, 2.24) is 4.90 Å². The van der Waals surface area contributed by atoms with Gasteiger partial charge in [0.1, 0.15) is 5.70 Å². The molecule has 0 radical (unpaired) electrons. The van der Waals surface area contributed by atoms with E-state index in [1.54, 1.807) is 6.92 Å². The number of carbonyl (C=O) groups is 2. The minimum absolute atomic E-state index is 0.0172. The van der Waals surface area contributed by atoms with Crippen LogP contribution in [-0.4, -0.2) is 39.1 Å². The van der Waals surface area contributed by atoms with Gasteiger partial charge >= 0.3 is 5.97 Å². The first-order valence-electron chi connectivity index (χ1n) is 10.0. The summed E-state index contributed by atoms with van der Waals surface area (Å²) in [5.41, 5.74) is 5.02. The Bertz CT molecular complexity index is 1200. The van der Waals surface area contributed by atoms with Gasteiger partial charge in [-0.1, -0.05) is 43.0 Å². The van der Waals surface area contributed by atoms with E-state index < -0.39 is 18.0 Å². The Balaban J connectivity index is 1.84. The standard InChI is InChI=1S/C25H22N2O4/c1-13-8-9-16(10-19(13)18-7-5-4-6-17(18)14(2)12-26)20-11-21-22(15(3)28)24(29)27(21)23(20)25(30)31/h4-10,15,21-22,28H,2,11H2,1,3H3,(H,30,31)/t15-,21?,22-/m1/s1. The largest absolute Gasteiger partial charge is 0.477 e. The van der Waals surface area contributed by atoms with E-state index in [0.717, 1.165) is 22.3 Å². The van der Waals surface area contributed by atoms with Gasteiger partial charge in [0, 0.05) is 0 Å². The van der Waals surface area contributed by atoms with E-state index in [0.29, 0.717) is 23.1 Å². The minimum atomic E-state index is -1.16.